The van der Waals surface area contributed by atoms with Gasteiger partial charge >= 0.3 is 6.09 Å². The van der Waals surface area contributed by atoms with E-state index in [1.807, 2.05) is 51.1 Å². The zero-order valence-electron chi connectivity index (χ0n) is 14.8. The minimum Gasteiger partial charge on any atom is -0.465 e. The minimum absolute atomic E-state index is 0.177. The van der Waals surface area contributed by atoms with E-state index in [0.29, 0.717) is 5.69 Å². The zero-order chi connectivity index (χ0) is 17.6. The predicted octanol–water partition coefficient (Wildman–Crippen LogP) is 5.00. The number of hydrogen-bond donors (Lipinski definition) is 2. The Morgan fingerprint density at radius 2 is 1.65 bits per heavy atom. The average molecular weight is 314 g/mol. The van der Waals surface area contributed by atoms with Crippen molar-refractivity contribution in [2.24, 2.45) is 0 Å². The number of hydrogen-bond acceptors (Lipinski definition) is 2. The molecule has 4 nitrogen and oxygen atoms in total. The highest BCUT2D eigenvalue weighted by Crippen LogP contribution is 2.41. The molecule has 0 bridgehead atoms. The van der Waals surface area contributed by atoms with Crippen molar-refractivity contribution in [1.29, 1.82) is 0 Å². The SMILES string of the molecule is CC(C)(C)c1ccc2cc(N)ccc2c1N(C(=O)O)C(C)(C)C. The summed E-state index contributed by atoms with van der Waals surface area (Å²) in [7, 11) is 0. The van der Waals surface area contributed by atoms with Crippen molar-refractivity contribution in [1.82, 2.24) is 0 Å². The molecule has 0 unspecified atom stereocenters. The standard InChI is InChI=1S/C19H26N2O2/c1-18(2,3)15-10-7-12-11-13(20)8-9-14(12)16(15)21(17(22)23)19(4,5)6/h7-11H,20H2,1-6H3,(H,22,23). The normalized spacial score (nSPS) is 12.4. The van der Waals surface area contributed by atoms with Crippen LogP contribution in [0.1, 0.15) is 47.1 Å². The van der Waals surface area contributed by atoms with Crippen molar-refractivity contribution in [3.05, 3.63) is 35.9 Å². The number of anilines is 2. The van der Waals surface area contributed by atoms with E-state index in [1.165, 1.54) is 4.90 Å². The van der Waals surface area contributed by atoms with Gasteiger partial charge in [0.15, 0.2) is 0 Å². The summed E-state index contributed by atoms with van der Waals surface area (Å²) in [5.41, 5.74) is 7.58. The first-order valence-electron chi connectivity index (χ1n) is 7.79. The van der Waals surface area contributed by atoms with E-state index >= 15 is 0 Å². The lowest BCUT2D eigenvalue weighted by Crippen LogP contribution is -2.46. The quantitative estimate of drug-likeness (QED) is 0.728. The van der Waals surface area contributed by atoms with Gasteiger partial charge in [0.25, 0.3) is 0 Å². The molecule has 0 spiro atoms. The number of carbonyl (C=O) groups is 1. The highest BCUT2D eigenvalue weighted by Gasteiger charge is 2.33. The molecule has 2 aromatic rings. The van der Waals surface area contributed by atoms with Gasteiger partial charge in [0.05, 0.1) is 5.69 Å². The van der Waals surface area contributed by atoms with E-state index in [9.17, 15) is 9.90 Å². The third-order valence-corrected chi connectivity index (χ3v) is 3.91. The number of amides is 1. The molecule has 0 radical (unpaired) electrons. The van der Waals surface area contributed by atoms with Crippen LogP contribution >= 0.6 is 0 Å². The molecule has 3 N–H and O–H groups in total. The van der Waals surface area contributed by atoms with Crippen LogP contribution in [0.25, 0.3) is 10.8 Å². The molecule has 0 saturated carbocycles. The summed E-state index contributed by atoms with van der Waals surface area (Å²) in [5.74, 6) is 0. The number of nitrogens with two attached hydrogens (primary N) is 1. The van der Waals surface area contributed by atoms with Crippen LogP contribution in [0.5, 0.6) is 0 Å². The fraction of sp³-hybridized carbons (Fsp3) is 0.421. The van der Waals surface area contributed by atoms with Crippen molar-refractivity contribution < 1.29 is 9.90 Å². The average Bonchev–Trinajstić information content (AvgIpc) is 2.34. The molecule has 0 heterocycles. The molecule has 1 amide bonds. The van der Waals surface area contributed by atoms with Crippen LogP contribution in [0, 0.1) is 0 Å². The van der Waals surface area contributed by atoms with Crippen LogP contribution in [0.2, 0.25) is 0 Å². The number of fused-ring (bicyclic) bond motifs is 1. The maximum absolute atomic E-state index is 12.0. The molecule has 0 aliphatic rings. The van der Waals surface area contributed by atoms with E-state index in [1.54, 1.807) is 0 Å². The fourth-order valence-electron chi connectivity index (χ4n) is 2.90. The summed E-state index contributed by atoms with van der Waals surface area (Å²) in [4.78, 5) is 13.5. The van der Waals surface area contributed by atoms with Crippen LogP contribution in [-0.4, -0.2) is 16.7 Å². The molecular formula is C19H26N2O2. The second-order valence-electron chi connectivity index (χ2n) is 7.98. The highest BCUT2D eigenvalue weighted by molar-refractivity contribution is 6.04. The number of benzene rings is 2. The third-order valence-electron chi connectivity index (χ3n) is 3.91. The third kappa shape index (κ3) is 3.26. The van der Waals surface area contributed by atoms with Crippen LogP contribution in [0.15, 0.2) is 30.3 Å². The number of nitrogens with zero attached hydrogens (tertiary/aromatic N) is 1. The molecule has 0 aliphatic heterocycles. The molecule has 4 heteroatoms. The summed E-state index contributed by atoms with van der Waals surface area (Å²) in [6, 6.07) is 9.64. The lowest BCUT2D eigenvalue weighted by Gasteiger charge is -2.37. The maximum atomic E-state index is 12.0. The monoisotopic (exact) mass is 314 g/mol. The van der Waals surface area contributed by atoms with Gasteiger partial charge in [-0.15, -0.1) is 0 Å². The van der Waals surface area contributed by atoms with Gasteiger partial charge in [-0.3, -0.25) is 4.90 Å². The zero-order valence-corrected chi connectivity index (χ0v) is 14.8. The van der Waals surface area contributed by atoms with Gasteiger partial charge < -0.3 is 10.8 Å². The van der Waals surface area contributed by atoms with Gasteiger partial charge in [0.2, 0.25) is 0 Å². The molecule has 2 rings (SSSR count). The topological polar surface area (TPSA) is 66.6 Å². The van der Waals surface area contributed by atoms with Gasteiger partial charge in [-0.05, 0) is 49.3 Å². The molecule has 0 saturated heterocycles. The van der Waals surface area contributed by atoms with Gasteiger partial charge in [0, 0.05) is 16.6 Å². The van der Waals surface area contributed by atoms with Crippen molar-refractivity contribution >= 4 is 28.2 Å². The Balaban J connectivity index is 2.94. The van der Waals surface area contributed by atoms with Crippen LogP contribution in [0.3, 0.4) is 0 Å². The molecule has 23 heavy (non-hydrogen) atoms. The van der Waals surface area contributed by atoms with E-state index in [0.717, 1.165) is 22.0 Å². The first kappa shape index (κ1) is 17.1. The van der Waals surface area contributed by atoms with Crippen molar-refractivity contribution in [3.8, 4) is 0 Å². The Morgan fingerprint density at radius 3 is 2.13 bits per heavy atom. The molecule has 0 aromatic heterocycles. The molecule has 124 valence electrons. The Morgan fingerprint density at radius 1 is 1.04 bits per heavy atom. The lowest BCUT2D eigenvalue weighted by atomic mass is 9.83. The van der Waals surface area contributed by atoms with Gasteiger partial charge in [-0.1, -0.05) is 39.0 Å². The molecule has 0 aliphatic carbocycles. The van der Waals surface area contributed by atoms with Crippen molar-refractivity contribution in [2.75, 3.05) is 10.6 Å². The lowest BCUT2D eigenvalue weighted by molar-refractivity contribution is 0.195. The van der Waals surface area contributed by atoms with Gasteiger partial charge in [0.1, 0.15) is 0 Å². The largest absolute Gasteiger partial charge is 0.465 e. The Bertz CT molecular complexity index is 752. The van der Waals surface area contributed by atoms with Gasteiger partial charge in [-0.2, -0.15) is 0 Å². The van der Waals surface area contributed by atoms with Crippen LogP contribution in [0.4, 0.5) is 16.2 Å². The smallest absolute Gasteiger partial charge is 0.412 e. The molecule has 0 fully saturated rings. The van der Waals surface area contributed by atoms with Crippen LogP contribution < -0.4 is 10.6 Å². The summed E-state index contributed by atoms with van der Waals surface area (Å²) >= 11 is 0. The van der Waals surface area contributed by atoms with Gasteiger partial charge in [-0.25, -0.2) is 4.79 Å². The number of nitrogen functional groups attached to an aromatic ring is 1. The second-order valence-corrected chi connectivity index (χ2v) is 7.98. The second kappa shape index (κ2) is 5.44. The van der Waals surface area contributed by atoms with Crippen molar-refractivity contribution in [3.63, 3.8) is 0 Å². The number of rotatable bonds is 1. The molecule has 2 aromatic carbocycles. The fourth-order valence-corrected chi connectivity index (χ4v) is 2.90. The summed E-state index contributed by atoms with van der Waals surface area (Å²) < 4.78 is 0. The van der Waals surface area contributed by atoms with Crippen molar-refractivity contribution in [2.45, 2.75) is 52.5 Å². The Labute approximate surface area is 137 Å². The van der Waals surface area contributed by atoms with E-state index in [2.05, 4.69) is 20.8 Å². The summed E-state index contributed by atoms with van der Waals surface area (Å²) in [5, 5.41) is 11.7. The van der Waals surface area contributed by atoms with E-state index in [4.69, 9.17) is 5.73 Å². The summed E-state index contributed by atoms with van der Waals surface area (Å²) in [6.45, 7) is 12.0. The van der Waals surface area contributed by atoms with E-state index < -0.39 is 11.6 Å². The Kier molecular flexibility index (Phi) is 4.05. The minimum atomic E-state index is -0.952. The molecule has 0 atom stereocenters. The first-order chi connectivity index (χ1) is 10.4. The van der Waals surface area contributed by atoms with E-state index in [-0.39, 0.29) is 5.41 Å². The van der Waals surface area contributed by atoms with Crippen LogP contribution in [-0.2, 0) is 5.41 Å². The maximum Gasteiger partial charge on any atom is 0.412 e. The number of carboxylic acid groups (broad SMARTS) is 1. The Hall–Kier alpha value is -2.23. The molecular weight excluding hydrogens is 288 g/mol. The highest BCUT2D eigenvalue weighted by atomic mass is 16.4. The summed E-state index contributed by atoms with van der Waals surface area (Å²) in [6.07, 6.45) is -0.952. The predicted molar refractivity (Wildman–Crippen MR) is 97.3 cm³/mol. The first-order valence-corrected chi connectivity index (χ1v) is 7.79.